The van der Waals surface area contributed by atoms with E-state index in [1.54, 1.807) is 18.6 Å². The second-order valence-corrected chi connectivity index (χ2v) is 7.14. The molecule has 0 fully saturated rings. The highest BCUT2D eigenvalue weighted by Crippen LogP contribution is 2.20. The van der Waals surface area contributed by atoms with Crippen LogP contribution in [0.5, 0.6) is 0 Å². The van der Waals surface area contributed by atoms with Crippen molar-refractivity contribution >= 4 is 46.1 Å². The predicted octanol–water partition coefficient (Wildman–Crippen LogP) is 1.26. The second-order valence-electron chi connectivity index (χ2n) is 6.37. The molecule has 3 aromatic rings. The topological polar surface area (TPSA) is 185 Å². The number of nitrogens with zero attached hydrogens (tertiary/aromatic N) is 5. The number of carbonyl (C=O) groups is 1. The molecule has 0 spiro atoms. The van der Waals surface area contributed by atoms with Crippen LogP contribution < -0.4 is 22.1 Å². The molecule has 12 nitrogen and oxygen atoms in total. The van der Waals surface area contributed by atoms with Crippen molar-refractivity contribution in [3.05, 3.63) is 59.2 Å². The number of imidazole rings is 1. The summed E-state index contributed by atoms with van der Waals surface area (Å²) >= 11 is 2.06. The minimum absolute atomic E-state index is 0.0237. The maximum absolute atomic E-state index is 13.7. The van der Waals surface area contributed by atoms with Crippen LogP contribution in [-0.4, -0.2) is 44.7 Å². The van der Waals surface area contributed by atoms with Crippen molar-refractivity contribution in [3.63, 3.8) is 0 Å². The Labute approximate surface area is 195 Å². The number of nitrogens with one attached hydrogen (secondary N) is 3. The van der Waals surface area contributed by atoms with Crippen LogP contribution in [0.1, 0.15) is 22.6 Å². The van der Waals surface area contributed by atoms with Crippen LogP contribution in [0, 0.1) is 5.82 Å². The SMILES string of the molecule is NC(=O)NC(=NCc1nonc1C(N)=Nc1ccc(F)c(CI)c1)NCCc1cnc[nH]1. The molecule has 32 heavy (non-hydrogen) atoms. The zero-order valence-corrected chi connectivity index (χ0v) is 18.8. The molecule has 168 valence electrons. The molecular weight excluding hydrogens is 534 g/mol. The minimum atomic E-state index is -0.778. The van der Waals surface area contributed by atoms with Gasteiger partial charge in [0.05, 0.1) is 18.6 Å². The number of primary amides is 1. The highest BCUT2D eigenvalue weighted by Gasteiger charge is 2.15. The summed E-state index contributed by atoms with van der Waals surface area (Å²) in [5.74, 6) is -0.143. The zero-order valence-electron chi connectivity index (χ0n) is 16.7. The van der Waals surface area contributed by atoms with Gasteiger partial charge >= 0.3 is 6.03 Å². The van der Waals surface area contributed by atoms with Gasteiger partial charge < -0.3 is 21.8 Å². The smallest absolute Gasteiger partial charge is 0.318 e. The van der Waals surface area contributed by atoms with Gasteiger partial charge in [0.15, 0.2) is 17.5 Å². The lowest BCUT2D eigenvalue weighted by atomic mass is 10.2. The number of alkyl halides is 1. The first kappa shape index (κ1) is 23.1. The number of halogens is 2. The Morgan fingerprint density at radius 2 is 2.16 bits per heavy atom. The van der Waals surface area contributed by atoms with Crippen molar-refractivity contribution in [2.75, 3.05) is 6.54 Å². The first-order valence-electron chi connectivity index (χ1n) is 9.28. The number of hydrogen-bond acceptors (Lipinski definition) is 7. The van der Waals surface area contributed by atoms with E-state index in [0.29, 0.717) is 34.3 Å². The molecule has 0 atom stereocenters. The van der Waals surface area contributed by atoms with Gasteiger partial charge in [0.1, 0.15) is 11.5 Å². The summed E-state index contributed by atoms with van der Waals surface area (Å²) in [4.78, 5) is 26.7. The molecule has 2 amide bonds. The Bertz CT molecular complexity index is 1110. The number of aliphatic imine (C=N–C) groups is 2. The molecule has 0 saturated carbocycles. The van der Waals surface area contributed by atoms with Gasteiger partial charge in [-0.2, -0.15) is 0 Å². The van der Waals surface area contributed by atoms with Crippen LogP contribution >= 0.6 is 22.6 Å². The first-order chi connectivity index (χ1) is 15.5. The Kier molecular flexibility index (Phi) is 8.07. The summed E-state index contributed by atoms with van der Waals surface area (Å²) in [6, 6.07) is 3.64. The number of guanidine groups is 1. The molecule has 0 unspecified atom stereocenters. The number of rotatable bonds is 8. The maximum Gasteiger partial charge on any atom is 0.318 e. The van der Waals surface area contributed by atoms with Crippen molar-refractivity contribution < 1.29 is 13.8 Å². The number of aromatic amines is 1. The number of amides is 2. The second kappa shape index (κ2) is 11.2. The molecule has 0 aliphatic rings. The summed E-state index contributed by atoms with van der Waals surface area (Å²) < 4.78 is 19.0. The summed E-state index contributed by atoms with van der Waals surface area (Å²) in [7, 11) is 0. The molecule has 0 aliphatic heterocycles. The van der Waals surface area contributed by atoms with Gasteiger partial charge in [-0.25, -0.2) is 28.8 Å². The van der Waals surface area contributed by atoms with Crippen molar-refractivity contribution in [3.8, 4) is 0 Å². The quantitative estimate of drug-likeness (QED) is 0.120. The van der Waals surface area contributed by atoms with Crippen LogP contribution in [0.15, 0.2) is 45.3 Å². The van der Waals surface area contributed by atoms with E-state index in [4.69, 9.17) is 16.1 Å². The third-order valence-corrected chi connectivity index (χ3v) is 4.91. The van der Waals surface area contributed by atoms with Crippen LogP contribution in [-0.2, 0) is 17.4 Å². The zero-order chi connectivity index (χ0) is 22.9. The van der Waals surface area contributed by atoms with Gasteiger partial charge in [-0.05, 0) is 28.9 Å². The van der Waals surface area contributed by atoms with Crippen LogP contribution in [0.4, 0.5) is 14.9 Å². The van der Waals surface area contributed by atoms with Crippen molar-refractivity contribution in [1.82, 2.24) is 30.9 Å². The lowest BCUT2D eigenvalue weighted by Crippen LogP contribution is -2.44. The molecule has 0 saturated heterocycles. The number of amidine groups is 1. The Balaban J connectivity index is 1.71. The summed E-state index contributed by atoms with van der Waals surface area (Å²) in [5, 5.41) is 13.0. The number of benzene rings is 1. The van der Waals surface area contributed by atoms with E-state index in [9.17, 15) is 9.18 Å². The van der Waals surface area contributed by atoms with Gasteiger partial charge in [-0.3, -0.25) is 5.32 Å². The highest BCUT2D eigenvalue weighted by atomic mass is 127. The standard InChI is InChI=1S/C18H20FIN10O2/c19-13-2-1-11(5-10(13)6-20)27-16(21)15-14(29-32-30-15)8-25-18(28-17(22)31)24-4-3-12-7-23-9-26-12/h1-2,5,7,9H,3-4,6,8H2,(H2,21,27)(H,23,26)(H4,22,24,25,28,31). The lowest BCUT2D eigenvalue weighted by Gasteiger charge is -2.09. The van der Waals surface area contributed by atoms with E-state index in [-0.39, 0.29) is 29.9 Å². The molecule has 2 aromatic heterocycles. The monoisotopic (exact) mass is 554 g/mol. The molecule has 0 aliphatic carbocycles. The van der Waals surface area contributed by atoms with Gasteiger partial charge in [0.2, 0.25) is 0 Å². The molecule has 3 rings (SSSR count). The van der Waals surface area contributed by atoms with Crippen LogP contribution in [0.3, 0.4) is 0 Å². The largest absolute Gasteiger partial charge is 0.382 e. The fraction of sp³-hybridized carbons (Fsp3) is 0.222. The van der Waals surface area contributed by atoms with Crippen molar-refractivity contribution in [2.24, 2.45) is 21.5 Å². The Morgan fingerprint density at radius 3 is 2.88 bits per heavy atom. The maximum atomic E-state index is 13.7. The van der Waals surface area contributed by atoms with Crippen LogP contribution in [0.2, 0.25) is 0 Å². The van der Waals surface area contributed by atoms with Crippen molar-refractivity contribution in [2.45, 2.75) is 17.4 Å². The first-order valence-corrected chi connectivity index (χ1v) is 10.8. The predicted molar refractivity (Wildman–Crippen MR) is 123 cm³/mol. The lowest BCUT2D eigenvalue weighted by molar-refractivity contribution is 0.253. The van der Waals surface area contributed by atoms with Crippen LogP contribution in [0.25, 0.3) is 0 Å². The summed E-state index contributed by atoms with van der Waals surface area (Å²) in [6.07, 6.45) is 3.89. The van der Waals surface area contributed by atoms with Gasteiger partial charge in [0.25, 0.3) is 0 Å². The average molecular weight is 554 g/mol. The summed E-state index contributed by atoms with van der Waals surface area (Å²) in [6.45, 7) is 0.433. The number of carbonyl (C=O) groups excluding carboxylic acids is 1. The third kappa shape index (κ3) is 6.47. The van der Waals surface area contributed by atoms with E-state index in [1.165, 1.54) is 12.1 Å². The Morgan fingerprint density at radius 1 is 1.31 bits per heavy atom. The third-order valence-electron chi connectivity index (χ3n) is 4.09. The van der Waals surface area contributed by atoms with E-state index in [1.807, 2.05) is 0 Å². The normalized spacial score (nSPS) is 12.1. The number of nitrogens with two attached hydrogens (primary N) is 2. The molecule has 14 heteroatoms. The average Bonchev–Trinajstić information content (AvgIpc) is 3.45. The fourth-order valence-electron chi connectivity index (χ4n) is 2.58. The molecule has 1 aromatic carbocycles. The molecular formula is C18H20FIN10O2. The molecule has 0 radical (unpaired) electrons. The minimum Gasteiger partial charge on any atom is -0.382 e. The molecule has 0 bridgehead atoms. The van der Waals surface area contributed by atoms with Gasteiger partial charge in [-0.15, -0.1) is 0 Å². The highest BCUT2D eigenvalue weighted by molar-refractivity contribution is 14.1. The summed E-state index contributed by atoms with van der Waals surface area (Å²) in [5.41, 5.74) is 13.6. The van der Waals surface area contributed by atoms with E-state index in [2.05, 4.69) is 63.5 Å². The van der Waals surface area contributed by atoms with Crippen molar-refractivity contribution in [1.29, 1.82) is 0 Å². The number of hydrogen-bond donors (Lipinski definition) is 5. The van der Waals surface area contributed by atoms with E-state index >= 15 is 0 Å². The number of aromatic nitrogens is 4. The Hall–Kier alpha value is -3.56. The number of H-pyrrole nitrogens is 1. The van der Waals surface area contributed by atoms with E-state index < -0.39 is 6.03 Å². The molecule has 7 N–H and O–H groups in total. The van der Waals surface area contributed by atoms with Gasteiger partial charge in [-0.1, -0.05) is 27.7 Å². The van der Waals surface area contributed by atoms with E-state index in [0.717, 1.165) is 5.69 Å². The van der Waals surface area contributed by atoms with Gasteiger partial charge in [0, 0.05) is 29.3 Å². The number of urea groups is 1. The molecule has 2 heterocycles. The fourth-order valence-corrected chi connectivity index (χ4v) is 3.16.